The molecule has 0 radical (unpaired) electrons. The minimum atomic E-state index is -0.720. The predicted octanol–water partition coefficient (Wildman–Crippen LogP) is 3.15. The van der Waals surface area contributed by atoms with Gasteiger partial charge < -0.3 is 4.90 Å². The minimum Gasteiger partial charge on any atom is -0.302 e. The van der Waals surface area contributed by atoms with Gasteiger partial charge in [-0.2, -0.15) is 11.8 Å². The summed E-state index contributed by atoms with van der Waals surface area (Å²) in [5.74, 6) is -0.136. The molecule has 102 valence electrons. The van der Waals surface area contributed by atoms with Crippen molar-refractivity contribution in [3.8, 4) is 0 Å². The quantitative estimate of drug-likeness (QED) is 0.619. The summed E-state index contributed by atoms with van der Waals surface area (Å²) < 4.78 is 13.8. The van der Waals surface area contributed by atoms with Crippen LogP contribution in [0.4, 0.5) is 10.1 Å². The van der Waals surface area contributed by atoms with Crippen molar-refractivity contribution in [3.05, 3.63) is 28.5 Å². The molecular formula is C13H13ClFNO2S. The molecule has 0 spiro atoms. The summed E-state index contributed by atoms with van der Waals surface area (Å²) in [6.07, 6.45) is 0.711. The molecule has 0 saturated carbocycles. The molecule has 0 saturated heterocycles. The van der Waals surface area contributed by atoms with Crippen LogP contribution in [0, 0.1) is 5.82 Å². The largest absolute Gasteiger partial charge is 0.302 e. The Morgan fingerprint density at radius 2 is 2.11 bits per heavy atom. The highest BCUT2D eigenvalue weighted by Gasteiger charge is 2.39. The standard InChI is InChI=1S/C13H13ClFNO2S/c1-2-19-7-3-6-16-11-9(15)5-4-8(14)10(11)12(17)13(16)18/h4-5H,2-3,6-7H2,1H3. The second-order valence-corrected chi connectivity index (χ2v) is 5.89. The lowest BCUT2D eigenvalue weighted by Gasteiger charge is -2.16. The van der Waals surface area contributed by atoms with Gasteiger partial charge in [0.1, 0.15) is 5.82 Å². The first-order valence-electron chi connectivity index (χ1n) is 5.99. The van der Waals surface area contributed by atoms with Gasteiger partial charge in [-0.3, -0.25) is 9.59 Å². The fourth-order valence-corrected chi connectivity index (χ4v) is 2.89. The van der Waals surface area contributed by atoms with Gasteiger partial charge in [0.05, 0.1) is 16.3 Å². The highest BCUT2D eigenvalue weighted by Crippen LogP contribution is 2.36. The van der Waals surface area contributed by atoms with Crippen LogP contribution in [-0.4, -0.2) is 29.7 Å². The molecule has 0 aliphatic carbocycles. The SMILES string of the molecule is CCSCCCN1C(=O)C(=O)c2c(Cl)ccc(F)c21. The van der Waals surface area contributed by atoms with E-state index in [0.717, 1.165) is 11.5 Å². The van der Waals surface area contributed by atoms with Crippen LogP contribution in [0.2, 0.25) is 5.02 Å². The number of hydrogen-bond donors (Lipinski definition) is 0. The van der Waals surface area contributed by atoms with Crippen molar-refractivity contribution < 1.29 is 14.0 Å². The zero-order chi connectivity index (χ0) is 14.0. The summed E-state index contributed by atoms with van der Waals surface area (Å²) in [4.78, 5) is 24.9. The van der Waals surface area contributed by atoms with Gasteiger partial charge in [-0.15, -0.1) is 0 Å². The summed E-state index contributed by atoms with van der Waals surface area (Å²) >= 11 is 7.62. The summed E-state index contributed by atoms with van der Waals surface area (Å²) in [5.41, 5.74) is 0.0267. The van der Waals surface area contributed by atoms with Gasteiger partial charge in [0.2, 0.25) is 0 Å². The van der Waals surface area contributed by atoms with E-state index in [0.29, 0.717) is 13.0 Å². The number of halogens is 2. The molecule has 19 heavy (non-hydrogen) atoms. The Morgan fingerprint density at radius 1 is 1.37 bits per heavy atom. The number of anilines is 1. The number of Topliss-reactive ketones (excluding diaryl/α,β-unsaturated/α-hetero) is 1. The number of hydrogen-bond acceptors (Lipinski definition) is 3. The molecule has 0 N–H and O–H groups in total. The fourth-order valence-electron chi connectivity index (χ4n) is 2.03. The van der Waals surface area contributed by atoms with Crippen LogP contribution < -0.4 is 4.90 Å². The van der Waals surface area contributed by atoms with E-state index in [1.54, 1.807) is 11.8 Å². The summed E-state index contributed by atoms with van der Waals surface area (Å²) in [7, 11) is 0. The molecule has 2 rings (SSSR count). The molecule has 0 bridgehead atoms. The zero-order valence-electron chi connectivity index (χ0n) is 10.4. The lowest BCUT2D eigenvalue weighted by molar-refractivity contribution is -0.114. The molecule has 1 amide bonds. The highest BCUT2D eigenvalue weighted by atomic mass is 35.5. The molecule has 1 heterocycles. The molecule has 1 aliphatic heterocycles. The number of carbonyl (C=O) groups is 2. The van der Waals surface area contributed by atoms with E-state index in [4.69, 9.17) is 11.6 Å². The number of rotatable bonds is 5. The van der Waals surface area contributed by atoms with E-state index in [-0.39, 0.29) is 16.3 Å². The Hall–Kier alpha value is -1.07. The molecule has 0 atom stereocenters. The number of nitrogens with zero attached hydrogens (tertiary/aromatic N) is 1. The van der Waals surface area contributed by atoms with Crippen LogP contribution in [0.25, 0.3) is 0 Å². The lowest BCUT2D eigenvalue weighted by atomic mass is 10.1. The molecule has 1 aliphatic rings. The van der Waals surface area contributed by atoms with E-state index in [2.05, 4.69) is 0 Å². The molecule has 0 unspecified atom stereocenters. The Bertz CT molecular complexity index is 536. The van der Waals surface area contributed by atoms with E-state index < -0.39 is 17.5 Å². The topological polar surface area (TPSA) is 37.4 Å². The van der Waals surface area contributed by atoms with Crippen molar-refractivity contribution >= 4 is 40.7 Å². The first-order valence-corrected chi connectivity index (χ1v) is 7.53. The molecule has 1 aromatic carbocycles. The Kier molecular flexibility index (Phi) is 4.47. The van der Waals surface area contributed by atoms with Crippen molar-refractivity contribution in [2.24, 2.45) is 0 Å². The maximum absolute atomic E-state index is 13.8. The number of fused-ring (bicyclic) bond motifs is 1. The zero-order valence-corrected chi connectivity index (χ0v) is 12.0. The number of ketones is 1. The van der Waals surface area contributed by atoms with Gasteiger partial charge in [0.15, 0.2) is 0 Å². The third-order valence-electron chi connectivity index (χ3n) is 2.89. The average molecular weight is 302 g/mol. The molecule has 1 aromatic rings. The van der Waals surface area contributed by atoms with Crippen LogP contribution in [0.1, 0.15) is 23.7 Å². The van der Waals surface area contributed by atoms with Crippen LogP contribution >= 0.6 is 23.4 Å². The first-order chi connectivity index (χ1) is 9.07. The first kappa shape index (κ1) is 14.3. The number of carbonyl (C=O) groups excluding carboxylic acids is 2. The van der Waals surface area contributed by atoms with E-state index >= 15 is 0 Å². The Morgan fingerprint density at radius 3 is 2.79 bits per heavy atom. The number of thioether (sulfide) groups is 1. The number of benzene rings is 1. The van der Waals surface area contributed by atoms with Gasteiger partial charge in [-0.05, 0) is 30.1 Å². The van der Waals surface area contributed by atoms with E-state index in [1.165, 1.54) is 17.0 Å². The van der Waals surface area contributed by atoms with Crippen LogP contribution in [0.5, 0.6) is 0 Å². The van der Waals surface area contributed by atoms with Crippen LogP contribution in [-0.2, 0) is 4.79 Å². The second-order valence-electron chi connectivity index (χ2n) is 4.09. The van der Waals surface area contributed by atoms with Crippen LogP contribution in [0.15, 0.2) is 12.1 Å². The van der Waals surface area contributed by atoms with Crippen molar-refractivity contribution in [3.63, 3.8) is 0 Å². The highest BCUT2D eigenvalue weighted by molar-refractivity contribution is 7.99. The number of amides is 1. The normalized spacial score (nSPS) is 14.2. The molecule has 0 fully saturated rings. The Labute approximate surface area is 120 Å². The molecule has 6 heteroatoms. The molecule has 0 aromatic heterocycles. The molecule has 3 nitrogen and oxygen atoms in total. The van der Waals surface area contributed by atoms with Crippen LogP contribution in [0.3, 0.4) is 0 Å². The monoisotopic (exact) mass is 301 g/mol. The average Bonchev–Trinajstić information content (AvgIpc) is 2.65. The third kappa shape index (κ3) is 2.62. The maximum Gasteiger partial charge on any atom is 0.299 e. The Balaban J connectivity index is 2.26. The second kappa shape index (κ2) is 5.92. The van der Waals surface area contributed by atoms with Gasteiger partial charge in [0.25, 0.3) is 11.7 Å². The third-order valence-corrected chi connectivity index (χ3v) is 4.19. The van der Waals surface area contributed by atoms with Gasteiger partial charge in [0, 0.05) is 6.54 Å². The molecular weight excluding hydrogens is 289 g/mol. The fraction of sp³-hybridized carbons (Fsp3) is 0.385. The van der Waals surface area contributed by atoms with Crippen molar-refractivity contribution in [1.29, 1.82) is 0 Å². The maximum atomic E-state index is 13.8. The van der Waals surface area contributed by atoms with Crippen molar-refractivity contribution in [2.75, 3.05) is 23.0 Å². The van der Waals surface area contributed by atoms with Gasteiger partial charge in [-0.25, -0.2) is 4.39 Å². The summed E-state index contributed by atoms with van der Waals surface area (Å²) in [6.45, 7) is 2.38. The van der Waals surface area contributed by atoms with E-state index in [9.17, 15) is 14.0 Å². The summed E-state index contributed by atoms with van der Waals surface area (Å²) in [6, 6.07) is 2.48. The predicted molar refractivity (Wildman–Crippen MR) is 75.7 cm³/mol. The van der Waals surface area contributed by atoms with E-state index in [1.807, 2.05) is 6.92 Å². The summed E-state index contributed by atoms with van der Waals surface area (Å²) in [5, 5.41) is 0.125. The van der Waals surface area contributed by atoms with Gasteiger partial charge >= 0.3 is 0 Å². The smallest absolute Gasteiger partial charge is 0.299 e. The lowest BCUT2D eigenvalue weighted by Crippen LogP contribution is -2.31. The van der Waals surface area contributed by atoms with Gasteiger partial charge in [-0.1, -0.05) is 18.5 Å². The van der Waals surface area contributed by atoms with Crippen molar-refractivity contribution in [2.45, 2.75) is 13.3 Å². The van der Waals surface area contributed by atoms with Crippen molar-refractivity contribution in [1.82, 2.24) is 0 Å². The minimum absolute atomic E-state index is 0.00480.